The topological polar surface area (TPSA) is 20.2 Å². The summed E-state index contributed by atoms with van der Waals surface area (Å²) in [5.74, 6) is 0.579. The molecule has 1 aliphatic rings. The summed E-state index contributed by atoms with van der Waals surface area (Å²) in [5.41, 5.74) is 0. The molecule has 0 aromatic heterocycles. The van der Waals surface area contributed by atoms with Crippen molar-refractivity contribution in [2.24, 2.45) is 5.92 Å². The summed E-state index contributed by atoms with van der Waals surface area (Å²) in [6, 6.07) is 10.7. The molecule has 0 bridgehead atoms. The normalized spacial score (nSPS) is 26.6. The first-order chi connectivity index (χ1) is 6.90. The molecule has 0 radical (unpaired) electrons. The molecular formula is C12H16OSe. The van der Waals surface area contributed by atoms with E-state index in [2.05, 4.69) is 30.3 Å². The van der Waals surface area contributed by atoms with Gasteiger partial charge in [0.25, 0.3) is 0 Å². The molecule has 2 atom stereocenters. The van der Waals surface area contributed by atoms with Crippen molar-refractivity contribution in [2.45, 2.75) is 24.1 Å². The second kappa shape index (κ2) is 4.97. The zero-order valence-electron chi connectivity index (χ0n) is 8.23. The van der Waals surface area contributed by atoms with E-state index in [0.717, 1.165) is 4.82 Å². The molecule has 0 saturated heterocycles. The number of rotatable bonds is 3. The Morgan fingerprint density at radius 3 is 2.71 bits per heavy atom. The SMILES string of the molecule is OCC1CCCC1[Se]c1ccccc1. The molecule has 1 N–H and O–H groups in total. The molecule has 2 unspecified atom stereocenters. The van der Waals surface area contributed by atoms with Crippen LogP contribution in [-0.2, 0) is 0 Å². The number of aliphatic hydroxyl groups is 1. The summed E-state index contributed by atoms with van der Waals surface area (Å²) in [4.78, 5) is 0.773. The van der Waals surface area contributed by atoms with E-state index in [-0.39, 0.29) is 0 Å². The van der Waals surface area contributed by atoms with Crippen molar-refractivity contribution in [3.8, 4) is 0 Å². The van der Waals surface area contributed by atoms with Gasteiger partial charge in [-0.15, -0.1) is 0 Å². The molecule has 1 aromatic carbocycles. The van der Waals surface area contributed by atoms with Gasteiger partial charge in [0.05, 0.1) is 0 Å². The summed E-state index contributed by atoms with van der Waals surface area (Å²) in [6.45, 7) is 0.388. The third kappa shape index (κ3) is 2.38. The van der Waals surface area contributed by atoms with E-state index in [1.165, 1.54) is 23.7 Å². The Hall–Kier alpha value is -0.301. The van der Waals surface area contributed by atoms with E-state index in [1.807, 2.05) is 0 Å². The van der Waals surface area contributed by atoms with Crippen LogP contribution in [0.4, 0.5) is 0 Å². The minimum absolute atomic E-state index is 0.388. The van der Waals surface area contributed by atoms with Gasteiger partial charge in [0, 0.05) is 0 Å². The van der Waals surface area contributed by atoms with Crippen LogP contribution in [0, 0.1) is 5.92 Å². The maximum atomic E-state index is 9.22. The van der Waals surface area contributed by atoms with Gasteiger partial charge in [-0.3, -0.25) is 0 Å². The Morgan fingerprint density at radius 2 is 2.00 bits per heavy atom. The average Bonchev–Trinajstić information content (AvgIpc) is 2.67. The molecule has 76 valence electrons. The molecular weight excluding hydrogens is 239 g/mol. The van der Waals surface area contributed by atoms with E-state index in [0.29, 0.717) is 27.5 Å². The van der Waals surface area contributed by atoms with E-state index >= 15 is 0 Å². The van der Waals surface area contributed by atoms with Crippen molar-refractivity contribution in [3.63, 3.8) is 0 Å². The molecule has 1 fully saturated rings. The molecule has 0 spiro atoms. The Morgan fingerprint density at radius 1 is 1.21 bits per heavy atom. The van der Waals surface area contributed by atoms with E-state index in [1.54, 1.807) is 0 Å². The van der Waals surface area contributed by atoms with Crippen LogP contribution in [0.3, 0.4) is 0 Å². The van der Waals surface area contributed by atoms with Crippen LogP contribution in [0.25, 0.3) is 0 Å². The molecule has 2 rings (SSSR count). The van der Waals surface area contributed by atoms with Crippen LogP contribution in [0.15, 0.2) is 30.3 Å². The Bertz CT molecular complexity index is 273. The van der Waals surface area contributed by atoms with Gasteiger partial charge in [0.2, 0.25) is 0 Å². The number of hydrogen-bond acceptors (Lipinski definition) is 1. The van der Waals surface area contributed by atoms with Crippen LogP contribution in [0.1, 0.15) is 19.3 Å². The van der Waals surface area contributed by atoms with Gasteiger partial charge in [-0.1, -0.05) is 0 Å². The fraction of sp³-hybridized carbons (Fsp3) is 0.500. The Labute approximate surface area is 91.7 Å². The average molecular weight is 255 g/mol. The molecule has 1 nitrogen and oxygen atoms in total. The summed E-state index contributed by atoms with van der Waals surface area (Å²) in [7, 11) is 0. The van der Waals surface area contributed by atoms with Crippen LogP contribution in [-0.4, -0.2) is 26.7 Å². The summed E-state index contributed by atoms with van der Waals surface area (Å²) in [5, 5.41) is 9.22. The first-order valence-electron chi connectivity index (χ1n) is 5.22. The fourth-order valence-electron chi connectivity index (χ4n) is 2.04. The molecule has 1 aliphatic carbocycles. The van der Waals surface area contributed by atoms with Crippen molar-refractivity contribution in [3.05, 3.63) is 30.3 Å². The van der Waals surface area contributed by atoms with Crippen LogP contribution in [0.2, 0.25) is 4.82 Å². The standard InChI is InChI=1S/C12H16OSe/c13-9-10-5-4-8-12(10)14-11-6-2-1-3-7-11/h1-3,6-7,10,12-13H,4-5,8-9H2. The molecule has 14 heavy (non-hydrogen) atoms. The first-order valence-corrected chi connectivity index (χ1v) is 7.07. The van der Waals surface area contributed by atoms with E-state index in [4.69, 9.17) is 0 Å². The summed E-state index contributed by atoms with van der Waals surface area (Å²) in [6.07, 6.45) is 3.86. The van der Waals surface area contributed by atoms with Crippen molar-refractivity contribution >= 4 is 19.4 Å². The van der Waals surface area contributed by atoms with E-state index in [9.17, 15) is 5.11 Å². The van der Waals surface area contributed by atoms with Gasteiger partial charge < -0.3 is 0 Å². The number of aliphatic hydroxyl groups excluding tert-OH is 1. The van der Waals surface area contributed by atoms with Gasteiger partial charge in [-0.2, -0.15) is 0 Å². The number of benzene rings is 1. The summed E-state index contributed by atoms with van der Waals surface area (Å²) < 4.78 is 1.48. The van der Waals surface area contributed by atoms with Crippen molar-refractivity contribution in [2.75, 3.05) is 6.61 Å². The predicted octanol–water partition coefficient (Wildman–Crippen LogP) is 1.60. The molecule has 1 aromatic rings. The molecule has 2 heteroatoms. The van der Waals surface area contributed by atoms with Crippen molar-refractivity contribution in [1.29, 1.82) is 0 Å². The third-order valence-corrected chi connectivity index (χ3v) is 5.93. The first kappa shape index (κ1) is 10.2. The zero-order valence-corrected chi connectivity index (χ0v) is 9.94. The van der Waals surface area contributed by atoms with Crippen molar-refractivity contribution < 1.29 is 5.11 Å². The van der Waals surface area contributed by atoms with E-state index < -0.39 is 0 Å². The molecule has 1 saturated carbocycles. The van der Waals surface area contributed by atoms with Gasteiger partial charge >= 0.3 is 91.5 Å². The summed E-state index contributed by atoms with van der Waals surface area (Å²) >= 11 is 0.561. The van der Waals surface area contributed by atoms with Crippen molar-refractivity contribution in [1.82, 2.24) is 0 Å². The quantitative estimate of drug-likeness (QED) is 0.813. The zero-order chi connectivity index (χ0) is 9.80. The molecule has 0 amide bonds. The minimum atomic E-state index is 0.388. The second-order valence-electron chi connectivity index (χ2n) is 3.84. The predicted molar refractivity (Wildman–Crippen MR) is 60.0 cm³/mol. The molecule has 0 aliphatic heterocycles. The second-order valence-corrected chi connectivity index (χ2v) is 6.60. The Kier molecular flexibility index (Phi) is 3.63. The Balaban J connectivity index is 1.97. The van der Waals surface area contributed by atoms with Crippen LogP contribution in [0.5, 0.6) is 0 Å². The number of hydrogen-bond donors (Lipinski definition) is 1. The monoisotopic (exact) mass is 256 g/mol. The third-order valence-electron chi connectivity index (χ3n) is 2.85. The van der Waals surface area contributed by atoms with Gasteiger partial charge in [-0.25, -0.2) is 0 Å². The van der Waals surface area contributed by atoms with Gasteiger partial charge in [0.1, 0.15) is 0 Å². The fourth-order valence-corrected chi connectivity index (χ4v) is 4.90. The molecule has 0 heterocycles. The van der Waals surface area contributed by atoms with Gasteiger partial charge in [-0.05, 0) is 0 Å². The maximum absolute atomic E-state index is 9.22. The van der Waals surface area contributed by atoms with Crippen LogP contribution >= 0.6 is 0 Å². The van der Waals surface area contributed by atoms with Gasteiger partial charge in [0.15, 0.2) is 0 Å². The van der Waals surface area contributed by atoms with Crippen LogP contribution < -0.4 is 4.46 Å².